The van der Waals surface area contributed by atoms with Crippen molar-refractivity contribution >= 4 is 23.3 Å². The van der Waals surface area contributed by atoms with Crippen molar-refractivity contribution in [2.75, 3.05) is 6.54 Å². The molecule has 0 bridgehead atoms. The first-order chi connectivity index (χ1) is 13.5. The molecule has 0 radical (unpaired) electrons. The lowest BCUT2D eigenvalue weighted by Crippen LogP contribution is -2.27. The van der Waals surface area contributed by atoms with Crippen LogP contribution in [0.25, 0.3) is 0 Å². The Morgan fingerprint density at radius 3 is 2.36 bits per heavy atom. The van der Waals surface area contributed by atoms with Gasteiger partial charge in [-0.3, -0.25) is 14.3 Å². The predicted molar refractivity (Wildman–Crippen MR) is 110 cm³/mol. The third-order valence-corrected chi connectivity index (χ3v) is 4.84. The molecule has 3 rings (SSSR count). The van der Waals surface area contributed by atoms with Crippen LogP contribution in [0.1, 0.15) is 44.0 Å². The van der Waals surface area contributed by atoms with E-state index in [9.17, 15) is 9.59 Å². The van der Waals surface area contributed by atoms with Gasteiger partial charge < -0.3 is 5.32 Å². The molecule has 1 aromatic heterocycles. The van der Waals surface area contributed by atoms with E-state index in [4.69, 9.17) is 11.6 Å². The lowest BCUT2D eigenvalue weighted by atomic mass is 9.97. The van der Waals surface area contributed by atoms with Crippen LogP contribution in [0.4, 0.5) is 0 Å². The van der Waals surface area contributed by atoms with Crippen LogP contribution in [-0.2, 0) is 6.54 Å². The first kappa shape index (κ1) is 19.8. The first-order valence-electron chi connectivity index (χ1n) is 9.14. The number of carbonyl (C=O) groups is 2. The Morgan fingerprint density at radius 1 is 1.04 bits per heavy atom. The molecule has 0 fully saturated rings. The van der Waals surface area contributed by atoms with E-state index in [1.807, 2.05) is 26.0 Å². The number of hydrogen-bond donors (Lipinski definition) is 1. The molecule has 0 saturated carbocycles. The van der Waals surface area contributed by atoms with Crippen molar-refractivity contribution < 1.29 is 9.59 Å². The van der Waals surface area contributed by atoms with Gasteiger partial charge in [0.15, 0.2) is 5.78 Å². The number of nitrogens with one attached hydrogen (secondary N) is 1. The minimum atomic E-state index is -0.259. The fraction of sp³-hybridized carbons (Fsp3) is 0.227. The van der Waals surface area contributed by atoms with Crippen molar-refractivity contribution in [2.24, 2.45) is 0 Å². The number of aromatic nitrogens is 2. The summed E-state index contributed by atoms with van der Waals surface area (Å²) in [4.78, 5) is 25.4. The van der Waals surface area contributed by atoms with Crippen LogP contribution in [0, 0.1) is 13.8 Å². The minimum absolute atomic E-state index is 0.160. The van der Waals surface area contributed by atoms with Gasteiger partial charge in [0.05, 0.1) is 16.3 Å². The summed E-state index contributed by atoms with van der Waals surface area (Å²) in [6.45, 7) is 4.94. The van der Waals surface area contributed by atoms with Crippen LogP contribution < -0.4 is 5.32 Å². The van der Waals surface area contributed by atoms with Crippen LogP contribution >= 0.6 is 11.6 Å². The molecule has 0 aliphatic heterocycles. The van der Waals surface area contributed by atoms with E-state index in [0.717, 1.165) is 11.3 Å². The average molecular weight is 396 g/mol. The van der Waals surface area contributed by atoms with Crippen molar-refractivity contribution in [1.82, 2.24) is 15.1 Å². The van der Waals surface area contributed by atoms with E-state index >= 15 is 0 Å². The number of carbonyl (C=O) groups excluding carboxylic acids is 2. The Morgan fingerprint density at radius 2 is 1.71 bits per heavy atom. The highest BCUT2D eigenvalue weighted by Crippen LogP contribution is 2.16. The number of ketones is 1. The maximum absolute atomic E-state index is 12.8. The van der Waals surface area contributed by atoms with Crippen molar-refractivity contribution in [3.05, 3.63) is 87.7 Å². The van der Waals surface area contributed by atoms with E-state index < -0.39 is 0 Å². The van der Waals surface area contributed by atoms with E-state index in [0.29, 0.717) is 41.2 Å². The van der Waals surface area contributed by atoms with Gasteiger partial charge in [-0.25, -0.2) is 0 Å². The van der Waals surface area contributed by atoms with E-state index in [1.54, 1.807) is 47.3 Å². The molecule has 0 saturated heterocycles. The standard InChI is InChI=1S/C22H22ClN3O2/c1-15-8-10-17(11-9-15)21(27)18-6-3-4-7-19(18)22(28)24-12-5-13-26-14-20(23)16(2)25-26/h3-4,6-11,14H,5,12-13H2,1-2H3,(H,24,28). The molecule has 1 amide bonds. The molecule has 0 aliphatic rings. The Balaban J connectivity index is 1.63. The van der Waals surface area contributed by atoms with Crippen molar-refractivity contribution in [2.45, 2.75) is 26.8 Å². The molecule has 0 unspecified atom stereocenters. The van der Waals surface area contributed by atoms with E-state index in [-0.39, 0.29) is 11.7 Å². The summed E-state index contributed by atoms with van der Waals surface area (Å²) in [5.74, 6) is -0.418. The molecule has 5 nitrogen and oxygen atoms in total. The van der Waals surface area contributed by atoms with Gasteiger partial charge in [-0.05, 0) is 26.3 Å². The van der Waals surface area contributed by atoms with Gasteiger partial charge in [0.25, 0.3) is 5.91 Å². The smallest absolute Gasteiger partial charge is 0.252 e. The largest absolute Gasteiger partial charge is 0.352 e. The molecule has 1 N–H and O–H groups in total. The van der Waals surface area contributed by atoms with Gasteiger partial charge in [-0.2, -0.15) is 5.10 Å². The van der Waals surface area contributed by atoms with Gasteiger partial charge in [0, 0.05) is 30.4 Å². The summed E-state index contributed by atoms with van der Waals surface area (Å²) in [6.07, 6.45) is 2.48. The molecular formula is C22H22ClN3O2. The van der Waals surface area contributed by atoms with Crippen LogP contribution in [0.3, 0.4) is 0 Å². The monoisotopic (exact) mass is 395 g/mol. The summed E-state index contributed by atoms with van der Waals surface area (Å²) in [5, 5.41) is 7.80. The van der Waals surface area contributed by atoms with Gasteiger partial charge in [-0.1, -0.05) is 59.6 Å². The minimum Gasteiger partial charge on any atom is -0.352 e. The fourth-order valence-electron chi connectivity index (χ4n) is 2.89. The van der Waals surface area contributed by atoms with Gasteiger partial charge in [0.2, 0.25) is 0 Å². The lowest BCUT2D eigenvalue weighted by molar-refractivity contribution is 0.0941. The zero-order chi connectivity index (χ0) is 20.1. The number of aryl methyl sites for hydroxylation is 3. The average Bonchev–Trinajstić information content (AvgIpc) is 3.02. The summed E-state index contributed by atoms with van der Waals surface area (Å²) in [7, 11) is 0. The zero-order valence-corrected chi connectivity index (χ0v) is 16.7. The summed E-state index contributed by atoms with van der Waals surface area (Å²) < 4.78 is 1.76. The highest BCUT2D eigenvalue weighted by molar-refractivity contribution is 6.31. The molecule has 6 heteroatoms. The third kappa shape index (κ3) is 4.67. The summed E-state index contributed by atoms with van der Waals surface area (Å²) in [5.41, 5.74) is 3.21. The lowest BCUT2D eigenvalue weighted by Gasteiger charge is -2.10. The number of hydrogen-bond acceptors (Lipinski definition) is 3. The van der Waals surface area contributed by atoms with Gasteiger partial charge in [-0.15, -0.1) is 0 Å². The van der Waals surface area contributed by atoms with Crippen LogP contribution in [-0.4, -0.2) is 28.0 Å². The molecule has 2 aromatic carbocycles. The maximum Gasteiger partial charge on any atom is 0.252 e. The molecule has 0 spiro atoms. The fourth-order valence-corrected chi connectivity index (χ4v) is 3.04. The SMILES string of the molecule is Cc1ccc(C(=O)c2ccccc2C(=O)NCCCn2cc(Cl)c(C)n2)cc1. The normalized spacial score (nSPS) is 10.7. The quantitative estimate of drug-likeness (QED) is 0.481. The van der Waals surface area contributed by atoms with Crippen molar-refractivity contribution in [3.8, 4) is 0 Å². The van der Waals surface area contributed by atoms with Crippen LogP contribution in [0.15, 0.2) is 54.7 Å². The summed E-state index contributed by atoms with van der Waals surface area (Å²) in [6, 6.07) is 14.2. The Kier molecular flexibility index (Phi) is 6.26. The van der Waals surface area contributed by atoms with E-state index in [1.165, 1.54) is 0 Å². The second-order valence-corrected chi connectivity index (χ2v) is 7.08. The first-order valence-corrected chi connectivity index (χ1v) is 9.51. The maximum atomic E-state index is 12.8. The molecule has 3 aromatic rings. The number of rotatable bonds is 7. The van der Waals surface area contributed by atoms with Crippen molar-refractivity contribution in [3.63, 3.8) is 0 Å². The Labute approximate surface area is 169 Å². The zero-order valence-electron chi connectivity index (χ0n) is 15.9. The molecule has 1 heterocycles. The number of benzene rings is 2. The van der Waals surface area contributed by atoms with Crippen molar-refractivity contribution in [1.29, 1.82) is 0 Å². The number of amides is 1. The third-order valence-electron chi connectivity index (χ3n) is 4.47. The van der Waals surface area contributed by atoms with Crippen LogP contribution in [0.5, 0.6) is 0 Å². The number of nitrogens with zero attached hydrogens (tertiary/aromatic N) is 2. The molecule has 0 atom stereocenters. The molecule has 28 heavy (non-hydrogen) atoms. The van der Waals surface area contributed by atoms with E-state index in [2.05, 4.69) is 10.4 Å². The Hall–Kier alpha value is -2.92. The number of halogens is 1. The molecular weight excluding hydrogens is 374 g/mol. The second-order valence-electron chi connectivity index (χ2n) is 6.68. The van der Waals surface area contributed by atoms with Gasteiger partial charge in [0.1, 0.15) is 0 Å². The van der Waals surface area contributed by atoms with Crippen LogP contribution in [0.2, 0.25) is 5.02 Å². The molecule has 144 valence electrons. The Bertz CT molecular complexity index is 974. The van der Waals surface area contributed by atoms with Gasteiger partial charge >= 0.3 is 0 Å². The summed E-state index contributed by atoms with van der Waals surface area (Å²) >= 11 is 5.99. The molecule has 0 aliphatic carbocycles. The highest BCUT2D eigenvalue weighted by atomic mass is 35.5. The highest BCUT2D eigenvalue weighted by Gasteiger charge is 2.17. The second kappa shape index (κ2) is 8.85. The predicted octanol–water partition coefficient (Wildman–Crippen LogP) is 4.20. The topological polar surface area (TPSA) is 64.0 Å².